The maximum atomic E-state index is 13.4. The summed E-state index contributed by atoms with van der Waals surface area (Å²) in [5.74, 6) is -0.848. The highest BCUT2D eigenvalue weighted by Gasteiger charge is 2.17. The van der Waals surface area contributed by atoms with Crippen LogP contribution in [0.2, 0.25) is 5.02 Å². The summed E-state index contributed by atoms with van der Waals surface area (Å²) in [4.78, 5) is 12.2. The fourth-order valence-corrected chi connectivity index (χ4v) is 2.26. The van der Waals surface area contributed by atoms with Gasteiger partial charge in [0.25, 0.3) is 0 Å². The third-order valence-electron chi connectivity index (χ3n) is 2.43. The number of carbonyl (C=O) groups is 1. The smallest absolute Gasteiger partial charge is 0.195 e. The van der Waals surface area contributed by atoms with Gasteiger partial charge in [-0.25, -0.2) is 4.39 Å². The Morgan fingerprint density at radius 3 is 2.61 bits per heavy atom. The van der Waals surface area contributed by atoms with Crippen molar-refractivity contribution >= 4 is 39.0 Å². The minimum Gasteiger partial charge on any atom is -0.399 e. The van der Waals surface area contributed by atoms with Crippen molar-refractivity contribution in [2.24, 2.45) is 0 Å². The molecule has 0 unspecified atom stereocenters. The first-order valence-corrected chi connectivity index (χ1v) is 6.21. The third kappa shape index (κ3) is 2.40. The molecule has 0 saturated heterocycles. The Bertz CT molecular complexity index is 630. The van der Waals surface area contributed by atoms with Crippen molar-refractivity contribution in [3.05, 3.63) is 62.8 Å². The topological polar surface area (TPSA) is 43.1 Å². The molecule has 0 aromatic heterocycles. The molecule has 2 rings (SSSR count). The Hall–Kier alpha value is -1.39. The highest BCUT2D eigenvalue weighted by Crippen LogP contribution is 2.27. The van der Waals surface area contributed by atoms with Gasteiger partial charge in [0.15, 0.2) is 5.78 Å². The number of hydrogen-bond acceptors (Lipinski definition) is 2. The normalized spacial score (nSPS) is 10.4. The van der Waals surface area contributed by atoms with Gasteiger partial charge >= 0.3 is 0 Å². The summed E-state index contributed by atoms with van der Waals surface area (Å²) in [6.07, 6.45) is 0. The molecule has 2 aromatic carbocycles. The standard InChI is InChI=1S/C13H8BrClFNO/c14-12-9(2-1-3-11(12)16)13(18)8-5-4-7(17)6-10(8)15/h1-6H,17H2. The third-order valence-corrected chi connectivity index (χ3v) is 3.55. The number of anilines is 1. The highest BCUT2D eigenvalue weighted by atomic mass is 79.9. The van der Waals surface area contributed by atoms with E-state index in [-0.39, 0.29) is 26.4 Å². The maximum absolute atomic E-state index is 13.4. The van der Waals surface area contributed by atoms with Crippen molar-refractivity contribution in [3.63, 3.8) is 0 Å². The Morgan fingerprint density at radius 1 is 1.22 bits per heavy atom. The largest absolute Gasteiger partial charge is 0.399 e. The van der Waals surface area contributed by atoms with Crippen LogP contribution in [0.15, 0.2) is 40.9 Å². The first kappa shape index (κ1) is 13.1. The average Bonchev–Trinajstić information content (AvgIpc) is 2.32. The molecule has 0 heterocycles. The van der Waals surface area contributed by atoms with Crippen LogP contribution in [0.4, 0.5) is 10.1 Å². The summed E-state index contributed by atoms with van der Waals surface area (Å²) in [6, 6.07) is 8.86. The molecule has 0 amide bonds. The van der Waals surface area contributed by atoms with Crippen molar-refractivity contribution in [2.45, 2.75) is 0 Å². The van der Waals surface area contributed by atoms with E-state index in [0.29, 0.717) is 5.69 Å². The molecule has 0 saturated carbocycles. The molecule has 92 valence electrons. The van der Waals surface area contributed by atoms with Crippen molar-refractivity contribution in [1.29, 1.82) is 0 Å². The summed E-state index contributed by atoms with van der Waals surface area (Å²) in [7, 11) is 0. The summed E-state index contributed by atoms with van der Waals surface area (Å²) in [6.45, 7) is 0. The summed E-state index contributed by atoms with van der Waals surface area (Å²) >= 11 is 9.01. The molecular formula is C13H8BrClFNO. The molecule has 2 nitrogen and oxygen atoms in total. The molecule has 0 fully saturated rings. The molecule has 0 aliphatic carbocycles. The van der Waals surface area contributed by atoms with Gasteiger partial charge in [0.1, 0.15) is 5.82 Å². The number of nitrogen functional groups attached to an aromatic ring is 1. The van der Waals surface area contributed by atoms with E-state index in [1.807, 2.05) is 0 Å². The summed E-state index contributed by atoms with van der Waals surface area (Å²) in [5, 5.41) is 0.246. The zero-order valence-electron chi connectivity index (χ0n) is 9.08. The predicted octanol–water partition coefficient (Wildman–Crippen LogP) is 4.05. The molecule has 0 aliphatic rings. The van der Waals surface area contributed by atoms with Gasteiger partial charge in [-0.15, -0.1) is 0 Å². The minimum absolute atomic E-state index is 0.128. The van der Waals surface area contributed by atoms with E-state index in [1.54, 1.807) is 6.07 Å². The van der Waals surface area contributed by atoms with Crippen LogP contribution in [-0.2, 0) is 0 Å². The van der Waals surface area contributed by atoms with Crippen molar-refractivity contribution in [2.75, 3.05) is 5.73 Å². The van der Waals surface area contributed by atoms with Gasteiger partial charge in [-0.1, -0.05) is 17.7 Å². The van der Waals surface area contributed by atoms with Crippen LogP contribution < -0.4 is 5.73 Å². The van der Waals surface area contributed by atoms with Crippen LogP contribution >= 0.6 is 27.5 Å². The fraction of sp³-hybridized carbons (Fsp3) is 0. The van der Waals surface area contributed by atoms with E-state index in [0.717, 1.165) is 0 Å². The molecular weight excluding hydrogens is 321 g/mol. The Morgan fingerprint density at radius 2 is 1.94 bits per heavy atom. The van der Waals surface area contributed by atoms with Crippen molar-refractivity contribution < 1.29 is 9.18 Å². The molecule has 0 aliphatic heterocycles. The molecule has 0 radical (unpaired) electrons. The van der Waals surface area contributed by atoms with Gasteiger partial charge in [-0.3, -0.25) is 4.79 Å². The number of nitrogens with two attached hydrogens (primary N) is 1. The van der Waals surface area contributed by atoms with Gasteiger partial charge in [-0.05, 0) is 46.3 Å². The lowest BCUT2D eigenvalue weighted by Crippen LogP contribution is -2.04. The first-order valence-electron chi connectivity index (χ1n) is 5.04. The zero-order chi connectivity index (χ0) is 13.3. The van der Waals surface area contributed by atoms with Crippen LogP contribution in [0.5, 0.6) is 0 Å². The van der Waals surface area contributed by atoms with E-state index < -0.39 is 5.82 Å². The number of halogens is 3. The van der Waals surface area contributed by atoms with Crippen LogP contribution in [0.1, 0.15) is 15.9 Å². The Labute approximate surface area is 117 Å². The maximum Gasteiger partial charge on any atom is 0.195 e. The van der Waals surface area contributed by atoms with E-state index in [4.69, 9.17) is 17.3 Å². The van der Waals surface area contributed by atoms with E-state index in [9.17, 15) is 9.18 Å². The molecule has 2 aromatic rings. The lowest BCUT2D eigenvalue weighted by atomic mass is 10.0. The molecule has 2 N–H and O–H groups in total. The second kappa shape index (κ2) is 5.08. The second-order valence-corrected chi connectivity index (χ2v) is 4.87. The summed E-state index contributed by atoms with van der Waals surface area (Å²) in [5.41, 5.74) is 6.54. The molecule has 0 atom stereocenters. The molecule has 18 heavy (non-hydrogen) atoms. The predicted molar refractivity (Wildman–Crippen MR) is 73.4 cm³/mol. The van der Waals surface area contributed by atoms with E-state index in [1.165, 1.54) is 30.3 Å². The van der Waals surface area contributed by atoms with Gasteiger partial charge in [0.05, 0.1) is 9.50 Å². The van der Waals surface area contributed by atoms with Gasteiger partial charge in [-0.2, -0.15) is 0 Å². The Kier molecular flexibility index (Phi) is 3.68. The Balaban J connectivity index is 2.51. The van der Waals surface area contributed by atoms with Crippen molar-refractivity contribution in [1.82, 2.24) is 0 Å². The number of hydrogen-bond donors (Lipinski definition) is 1. The molecule has 5 heteroatoms. The lowest BCUT2D eigenvalue weighted by Gasteiger charge is -2.07. The van der Waals surface area contributed by atoms with Crippen LogP contribution in [0, 0.1) is 5.82 Å². The SMILES string of the molecule is Nc1ccc(C(=O)c2cccc(F)c2Br)c(Cl)c1. The lowest BCUT2D eigenvalue weighted by molar-refractivity contribution is 0.103. The van der Waals surface area contributed by atoms with Crippen LogP contribution in [-0.4, -0.2) is 5.78 Å². The first-order chi connectivity index (χ1) is 8.50. The zero-order valence-corrected chi connectivity index (χ0v) is 11.4. The monoisotopic (exact) mass is 327 g/mol. The van der Waals surface area contributed by atoms with E-state index in [2.05, 4.69) is 15.9 Å². The number of benzene rings is 2. The molecule has 0 spiro atoms. The van der Waals surface area contributed by atoms with Crippen LogP contribution in [0.3, 0.4) is 0 Å². The summed E-state index contributed by atoms with van der Waals surface area (Å²) < 4.78 is 13.5. The minimum atomic E-state index is -0.493. The molecule has 0 bridgehead atoms. The van der Waals surface area contributed by atoms with Gasteiger partial charge in [0, 0.05) is 16.8 Å². The quantitative estimate of drug-likeness (QED) is 0.667. The van der Waals surface area contributed by atoms with Gasteiger partial charge in [0.2, 0.25) is 0 Å². The number of ketones is 1. The van der Waals surface area contributed by atoms with Gasteiger partial charge < -0.3 is 5.73 Å². The second-order valence-electron chi connectivity index (χ2n) is 3.67. The average molecular weight is 329 g/mol. The number of carbonyl (C=O) groups excluding carboxylic acids is 1. The van der Waals surface area contributed by atoms with Crippen molar-refractivity contribution in [3.8, 4) is 0 Å². The van der Waals surface area contributed by atoms with Crippen LogP contribution in [0.25, 0.3) is 0 Å². The number of rotatable bonds is 2. The highest BCUT2D eigenvalue weighted by molar-refractivity contribution is 9.10. The fourth-order valence-electron chi connectivity index (χ4n) is 1.54. The van der Waals surface area contributed by atoms with E-state index >= 15 is 0 Å².